The van der Waals surface area contributed by atoms with Crippen LogP contribution >= 0.6 is 0 Å². The predicted octanol–water partition coefficient (Wildman–Crippen LogP) is 2.65. The summed E-state index contributed by atoms with van der Waals surface area (Å²) in [6.45, 7) is 6.70. The SMILES string of the molecule is CC(C)(C)c1cc2c([nH]1)CCCC2N. The number of hydrogen-bond donors (Lipinski definition) is 2. The van der Waals surface area contributed by atoms with Crippen LogP contribution < -0.4 is 5.73 Å². The Kier molecular flexibility index (Phi) is 2.18. The highest BCUT2D eigenvalue weighted by Crippen LogP contribution is 2.32. The van der Waals surface area contributed by atoms with Crippen molar-refractivity contribution in [3.63, 3.8) is 0 Å². The van der Waals surface area contributed by atoms with Crippen molar-refractivity contribution in [2.45, 2.75) is 51.5 Å². The quantitative estimate of drug-likeness (QED) is 0.652. The van der Waals surface area contributed by atoms with Gasteiger partial charge in [-0.05, 0) is 30.9 Å². The number of nitrogens with one attached hydrogen (secondary N) is 1. The Morgan fingerprint density at radius 1 is 1.43 bits per heavy atom. The minimum absolute atomic E-state index is 0.205. The summed E-state index contributed by atoms with van der Waals surface area (Å²) in [5.74, 6) is 0. The average molecular weight is 192 g/mol. The zero-order valence-corrected chi connectivity index (χ0v) is 9.35. The lowest BCUT2D eigenvalue weighted by molar-refractivity contribution is 0.561. The highest BCUT2D eigenvalue weighted by molar-refractivity contribution is 5.33. The Balaban J connectivity index is 2.40. The molecule has 0 bridgehead atoms. The number of H-pyrrole nitrogens is 1. The van der Waals surface area contributed by atoms with E-state index in [0.717, 1.165) is 6.42 Å². The van der Waals surface area contributed by atoms with Crippen LogP contribution in [-0.4, -0.2) is 4.98 Å². The number of fused-ring (bicyclic) bond motifs is 1. The lowest BCUT2D eigenvalue weighted by Gasteiger charge is -2.17. The highest BCUT2D eigenvalue weighted by Gasteiger charge is 2.23. The second-order valence-electron chi connectivity index (χ2n) is 5.37. The molecule has 1 unspecified atom stereocenters. The smallest absolute Gasteiger partial charge is 0.0312 e. The van der Waals surface area contributed by atoms with E-state index in [2.05, 4.69) is 31.8 Å². The summed E-state index contributed by atoms with van der Waals surface area (Å²) in [5, 5.41) is 0. The lowest BCUT2D eigenvalue weighted by Crippen LogP contribution is -2.15. The van der Waals surface area contributed by atoms with Crippen molar-refractivity contribution in [3.05, 3.63) is 23.0 Å². The van der Waals surface area contributed by atoms with E-state index in [1.54, 1.807) is 0 Å². The molecule has 1 aliphatic carbocycles. The van der Waals surface area contributed by atoms with Crippen LogP contribution in [0, 0.1) is 0 Å². The van der Waals surface area contributed by atoms with Gasteiger partial charge in [0.25, 0.3) is 0 Å². The molecule has 14 heavy (non-hydrogen) atoms. The van der Waals surface area contributed by atoms with Crippen LogP contribution in [0.4, 0.5) is 0 Å². The van der Waals surface area contributed by atoms with Crippen LogP contribution in [0.25, 0.3) is 0 Å². The first kappa shape index (κ1) is 9.78. The molecule has 0 saturated heterocycles. The van der Waals surface area contributed by atoms with E-state index < -0.39 is 0 Å². The van der Waals surface area contributed by atoms with E-state index in [-0.39, 0.29) is 11.5 Å². The van der Waals surface area contributed by atoms with E-state index in [1.807, 2.05) is 0 Å². The van der Waals surface area contributed by atoms with E-state index in [0.29, 0.717) is 0 Å². The first-order valence-corrected chi connectivity index (χ1v) is 5.46. The first-order chi connectivity index (χ1) is 6.48. The van der Waals surface area contributed by atoms with Crippen LogP contribution in [0.1, 0.15) is 56.6 Å². The number of aromatic nitrogens is 1. The first-order valence-electron chi connectivity index (χ1n) is 5.46. The molecule has 0 saturated carbocycles. The summed E-state index contributed by atoms with van der Waals surface area (Å²) >= 11 is 0. The Labute approximate surface area is 85.9 Å². The number of aryl methyl sites for hydroxylation is 1. The second kappa shape index (κ2) is 3.13. The highest BCUT2D eigenvalue weighted by atomic mass is 14.8. The van der Waals surface area contributed by atoms with Crippen molar-refractivity contribution >= 4 is 0 Å². The van der Waals surface area contributed by atoms with Crippen molar-refractivity contribution in [1.82, 2.24) is 4.98 Å². The maximum absolute atomic E-state index is 6.08. The van der Waals surface area contributed by atoms with Crippen LogP contribution in [-0.2, 0) is 11.8 Å². The predicted molar refractivity (Wildman–Crippen MR) is 59.4 cm³/mol. The van der Waals surface area contributed by atoms with Gasteiger partial charge in [0.1, 0.15) is 0 Å². The fraction of sp³-hybridized carbons (Fsp3) is 0.667. The third kappa shape index (κ3) is 1.59. The van der Waals surface area contributed by atoms with Gasteiger partial charge in [0, 0.05) is 22.8 Å². The van der Waals surface area contributed by atoms with Gasteiger partial charge in [0.05, 0.1) is 0 Å². The van der Waals surface area contributed by atoms with E-state index >= 15 is 0 Å². The standard InChI is InChI=1S/C12H20N2/c1-12(2,3)11-7-8-9(13)5-4-6-10(8)14-11/h7,9,14H,4-6,13H2,1-3H3. The number of hydrogen-bond acceptors (Lipinski definition) is 1. The topological polar surface area (TPSA) is 41.8 Å². The van der Waals surface area contributed by atoms with Gasteiger partial charge >= 0.3 is 0 Å². The van der Waals surface area contributed by atoms with Crippen molar-refractivity contribution in [2.24, 2.45) is 5.73 Å². The number of aromatic amines is 1. The molecule has 1 heterocycles. The largest absolute Gasteiger partial charge is 0.362 e. The Bertz CT molecular complexity index is 331. The summed E-state index contributed by atoms with van der Waals surface area (Å²) in [6, 6.07) is 2.52. The Morgan fingerprint density at radius 2 is 2.14 bits per heavy atom. The number of rotatable bonds is 0. The maximum atomic E-state index is 6.08. The third-order valence-electron chi connectivity index (χ3n) is 3.08. The van der Waals surface area contributed by atoms with Crippen molar-refractivity contribution in [1.29, 1.82) is 0 Å². The van der Waals surface area contributed by atoms with Crippen LogP contribution in [0.15, 0.2) is 6.07 Å². The zero-order valence-electron chi connectivity index (χ0n) is 9.35. The van der Waals surface area contributed by atoms with Crippen LogP contribution in [0.2, 0.25) is 0 Å². The molecule has 3 N–H and O–H groups in total. The molecule has 0 fully saturated rings. The van der Waals surface area contributed by atoms with Crippen LogP contribution in [0.3, 0.4) is 0 Å². The van der Waals surface area contributed by atoms with Gasteiger partial charge in [0.15, 0.2) is 0 Å². The maximum Gasteiger partial charge on any atom is 0.0312 e. The molecule has 0 aliphatic heterocycles. The number of nitrogens with two attached hydrogens (primary N) is 1. The lowest BCUT2D eigenvalue weighted by atomic mass is 9.90. The minimum atomic E-state index is 0.205. The normalized spacial score (nSPS) is 22.1. The van der Waals surface area contributed by atoms with E-state index in [9.17, 15) is 0 Å². The van der Waals surface area contributed by atoms with Gasteiger partial charge in [0.2, 0.25) is 0 Å². The molecule has 0 amide bonds. The van der Waals surface area contributed by atoms with E-state index in [4.69, 9.17) is 5.73 Å². The molecule has 1 aliphatic rings. The molecule has 0 spiro atoms. The summed E-state index contributed by atoms with van der Waals surface area (Å²) in [4.78, 5) is 3.52. The second-order valence-corrected chi connectivity index (χ2v) is 5.37. The van der Waals surface area contributed by atoms with E-state index in [1.165, 1.54) is 29.8 Å². The molecule has 78 valence electrons. The molecular formula is C12H20N2. The molecule has 0 aromatic carbocycles. The van der Waals surface area contributed by atoms with Gasteiger partial charge in [-0.2, -0.15) is 0 Å². The molecule has 0 radical (unpaired) electrons. The molecular weight excluding hydrogens is 172 g/mol. The summed E-state index contributed by atoms with van der Waals surface area (Å²) in [5.41, 5.74) is 10.3. The van der Waals surface area contributed by atoms with Crippen molar-refractivity contribution < 1.29 is 0 Å². The van der Waals surface area contributed by atoms with Crippen molar-refractivity contribution in [3.8, 4) is 0 Å². The monoisotopic (exact) mass is 192 g/mol. The minimum Gasteiger partial charge on any atom is -0.362 e. The molecule has 1 aromatic heterocycles. The summed E-state index contributed by atoms with van der Waals surface area (Å²) in [6.07, 6.45) is 3.52. The fourth-order valence-electron chi connectivity index (χ4n) is 2.11. The fourth-order valence-corrected chi connectivity index (χ4v) is 2.11. The van der Waals surface area contributed by atoms with Gasteiger partial charge in [-0.1, -0.05) is 20.8 Å². The van der Waals surface area contributed by atoms with Gasteiger partial charge < -0.3 is 10.7 Å². The summed E-state index contributed by atoms with van der Waals surface area (Å²) < 4.78 is 0. The molecule has 1 atom stereocenters. The Hall–Kier alpha value is -0.760. The van der Waals surface area contributed by atoms with Crippen molar-refractivity contribution in [2.75, 3.05) is 0 Å². The van der Waals surface area contributed by atoms with Gasteiger partial charge in [-0.3, -0.25) is 0 Å². The average Bonchev–Trinajstić information content (AvgIpc) is 2.48. The van der Waals surface area contributed by atoms with Gasteiger partial charge in [-0.15, -0.1) is 0 Å². The third-order valence-corrected chi connectivity index (χ3v) is 3.08. The molecule has 2 nitrogen and oxygen atoms in total. The summed E-state index contributed by atoms with van der Waals surface area (Å²) in [7, 11) is 0. The molecule has 2 heteroatoms. The zero-order chi connectivity index (χ0) is 10.3. The molecule has 1 aromatic rings. The van der Waals surface area contributed by atoms with Crippen LogP contribution in [0.5, 0.6) is 0 Å². The Morgan fingerprint density at radius 3 is 2.71 bits per heavy atom. The molecule has 2 rings (SSSR count). The van der Waals surface area contributed by atoms with Gasteiger partial charge in [-0.25, -0.2) is 0 Å².